The monoisotopic (exact) mass is 312 g/mol. The summed E-state index contributed by atoms with van der Waals surface area (Å²) in [4.78, 5) is 11.6. The van der Waals surface area contributed by atoms with Crippen molar-refractivity contribution in [3.8, 4) is 0 Å². The van der Waals surface area contributed by atoms with Crippen LogP contribution in [0.1, 0.15) is 24.5 Å². The summed E-state index contributed by atoms with van der Waals surface area (Å²) in [5, 5.41) is 6.07. The Kier molecular flexibility index (Phi) is 6.98. The lowest BCUT2D eigenvalue weighted by Gasteiger charge is -2.06. The van der Waals surface area contributed by atoms with Crippen LogP contribution in [-0.4, -0.2) is 25.5 Å². The van der Waals surface area contributed by atoms with Crippen LogP contribution in [0.3, 0.4) is 0 Å². The fraction of sp³-hybridized carbons (Fsp3) is 0.500. The van der Waals surface area contributed by atoms with Crippen LogP contribution < -0.4 is 10.6 Å². The number of aryl methyl sites for hydroxylation is 2. The standard InChI is InChI=1S/C14H21BrN2O/c1-3-16-8-9-17-14(18)7-5-12-4-6-13(15)11(2)10-12/h4,6,10,16H,3,5,7-9H2,1-2H3,(H,17,18). The second kappa shape index (κ2) is 8.27. The van der Waals surface area contributed by atoms with Crippen molar-refractivity contribution in [3.05, 3.63) is 33.8 Å². The lowest BCUT2D eigenvalue weighted by atomic mass is 10.1. The molecule has 0 aliphatic heterocycles. The molecular weight excluding hydrogens is 292 g/mol. The number of amides is 1. The van der Waals surface area contributed by atoms with Crippen molar-refractivity contribution in [2.45, 2.75) is 26.7 Å². The third-order valence-corrected chi connectivity index (χ3v) is 3.63. The normalized spacial score (nSPS) is 10.4. The predicted octanol–water partition coefficient (Wildman–Crippen LogP) is 2.42. The molecule has 0 unspecified atom stereocenters. The van der Waals surface area contributed by atoms with Gasteiger partial charge in [-0.2, -0.15) is 0 Å². The maximum atomic E-state index is 11.6. The fourth-order valence-electron chi connectivity index (χ4n) is 1.68. The molecule has 18 heavy (non-hydrogen) atoms. The predicted molar refractivity (Wildman–Crippen MR) is 78.8 cm³/mol. The summed E-state index contributed by atoms with van der Waals surface area (Å²) in [6.07, 6.45) is 1.34. The van der Waals surface area contributed by atoms with Gasteiger partial charge in [-0.15, -0.1) is 0 Å². The van der Waals surface area contributed by atoms with Gasteiger partial charge < -0.3 is 10.6 Å². The molecule has 0 atom stereocenters. The summed E-state index contributed by atoms with van der Waals surface area (Å²) in [6.45, 7) is 6.58. The van der Waals surface area contributed by atoms with Gasteiger partial charge in [-0.3, -0.25) is 4.79 Å². The van der Waals surface area contributed by atoms with Crippen molar-refractivity contribution in [3.63, 3.8) is 0 Å². The minimum absolute atomic E-state index is 0.119. The smallest absolute Gasteiger partial charge is 0.220 e. The molecule has 0 aliphatic carbocycles. The topological polar surface area (TPSA) is 41.1 Å². The van der Waals surface area contributed by atoms with Crippen LogP contribution in [0.5, 0.6) is 0 Å². The molecule has 0 radical (unpaired) electrons. The van der Waals surface area contributed by atoms with Crippen molar-refractivity contribution < 1.29 is 4.79 Å². The molecule has 0 spiro atoms. The van der Waals surface area contributed by atoms with E-state index in [4.69, 9.17) is 0 Å². The van der Waals surface area contributed by atoms with E-state index in [-0.39, 0.29) is 5.91 Å². The molecule has 1 aromatic carbocycles. The van der Waals surface area contributed by atoms with Crippen molar-refractivity contribution in [2.24, 2.45) is 0 Å². The van der Waals surface area contributed by atoms with E-state index in [2.05, 4.69) is 52.5 Å². The minimum Gasteiger partial charge on any atom is -0.355 e. The summed E-state index contributed by atoms with van der Waals surface area (Å²) >= 11 is 3.47. The fourth-order valence-corrected chi connectivity index (χ4v) is 1.92. The summed E-state index contributed by atoms with van der Waals surface area (Å²) in [6, 6.07) is 6.22. The number of hydrogen-bond donors (Lipinski definition) is 2. The van der Waals surface area contributed by atoms with Crippen LogP contribution in [0.2, 0.25) is 0 Å². The molecule has 0 saturated carbocycles. The molecule has 2 N–H and O–H groups in total. The first-order valence-electron chi connectivity index (χ1n) is 6.36. The molecule has 100 valence electrons. The van der Waals surface area contributed by atoms with Gasteiger partial charge >= 0.3 is 0 Å². The zero-order valence-electron chi connectivity index (χ0n) is 11.1. The first-order valence-corrected chi connectivity index (χ1v) is 7.15. The van der Waals surface area contributed by atoms with Gasteiger partial charge in [-0.05, 0) is 37.1 Å². The Balaban J connectivity index is 2.27. The number of nitrogens with one attached hydrogen (secondary N) is 2. The molecule has 0 fully saturated rings. The van der Waals surface area contributed by atoms with Gasteiger partial charge in [0, 0.05) is 24.0 Å². The maximum absolute atomic E-state index is 11.6. The van der Waals surface area contributed by atoms with Crippen LogP contribution in [-0.2, 0) is 11.2 Å². The molecule has 1 rings (SSSR count). The molecule has 0 bridgehead atoms. The SMILES string of the molecule is CCNCCNC(=O)CCc1ccc(Br)c(C)c1. The Morgan fingerprint density at radius 2 is 2.11 bits per heavy atom. The highest BCUT2D eigenvalue weighted by molar-refractivity contribution is 9.10. The number of halogens is 1. The number of rotatable bonds is 7. The zero-order chi connectivity index (χ0) is 13.4. The van der Waals surface area contributed by atoms with Crippen LogP contribution >= 0.6 is 15.9 Å². The molecule has 1 amide bonds. The van der Waals surface area contributed by atoms with Crippen LogP contribution in [0.15, 0.2) is 22.7 Å². The first kappa shape index (κ1) is 15.2. The van der Waals surface area contributed by atoms with Gasteiger partial charge in [0.25, 0.3) is 0 Å². The molecule has 3 nitrogen and oxygen atoms in total. The summed E-state index contributed by atoms with van der Waals surface area (Å²) in [7, 11) is 0. The van der Waals surface area contributed by atoms with Gasteiger partial charge in [0.1, 0.15) is 0 Å². The van der Waals surface area contributed by atoms with Crippen LogP contribution in [0.25, 0.3) is 0 Å². The van der Waals surface area contributed by atoms with Crippen molar-refractivity contribution >= 4 is 21.8 Å². The van der Waals surface area contributed by atoms with E-state index in [0.29, 0.717) is 13.0 Å². The Morgan fingerprint density at radius 1 is 1.33 bits per heavy atom. The Labute approximate surface area is 117 Å². The number of likely N-dealkylation sites (N-methyl/N-ethyl adjacent to an activating group) is 1. The maximum Gasteiger partial charge on any atom is 0.220 e. The van der Waals surface area contributed by atoms with Crippen molar-refractivity contribution in [1.82, 2.24) is 10.6 Å². The van der Waals surface area contributed by atoms with Crippen molar-refractivity contribution in [1.29, 1.82) is 0 Å². The number of hydrogen-bond acceptors (Lipinski definition) is 2. The van der Waals surface area contributed by atoms with E-state index in [1.807, 2.05) is 6.07 Å². The first-order chi connectivity index (χ1) is 8.63. The number of carbonyl (C=O) groups is 1. The molecule has 0 saturated heterocycles. The Hall–Kier alpha value is -0.870. The van der Waals surface area contributed by atoms with E-state index >= 15 is 0 Å². The lowest BCUT2D eigenvalue weighted by molar-refractivity contribution is -0.121. The highest BCUT2D eigenvalue weighted by Crippen LogP contribution is 2.17. The summed E-state index contributed by atoms with van der Waals surface area (Å²) in [5.74, 6) is 0.119. The van der Waals surface area contributed by atoms with Gasteiger partial charge in [-0.25, -0.2) is 0 Å². The third kappa shape index (κ3) is 5.65. The Morgan fingerprint density at radius 3 is 2.78 bits per heavy atom. The van der Waals surface area contributed by atoms with Gasteiger partial charge in [0.2, 0.25) is 5.91 Å². The minimum atomic E-state index is 0.119. The van der Waals surface area contributed by atoms with Crippen LogP contribution in [0.4, 0.5) is 0 Å². The van der Waals surface area contributed by atoms with Gasteiger partial charge in [0.15, 0.2) is 0 Å². The van der Waals surface area contributed by atoms with Gasteiger partial charge in [-0.1, -0.05) is 35.0 Å². The molecular formula is C14H21BrN2O. The largest absolute Gasteiger partial charge is 0.355 e. The molecule has 0 heterocycles. The highest BCUT2D eigenvalue weighted by Gasteiger charge is 2.02. The number of benzene rings is 1. The number of carbonyl (C=O) groups excluding carboxylic acids is 1. The van der Waals surface area contributed by atoms with E-state index in [1.54, 1.807) is 0 Å². The summed E-state index contributed by atoms with van der Waals surface area (Å²) < 4.78 is 1.11. The Bertz CT molecular complexity index is 393. The highest BCUT2D eigenvalue weighted by atomic mass is 79.9. The van der Waals surface area contributed by atoms with E-state index in [1.165, 1.54) is 11.1 Å². The quantitative estimate of drug-likeness (QED) is 0.759. The van der Waals surface area contributed by atoms with Gasteiger partial charge in [0.05, 0.1) is 0 Å². The zero-order valence-corrected chi connectivity index (χ0v) is 12.6. The average Bonchev–Trinajstić information content (AvgIpc) is 2.36. The van der Waals surface area contributed by atoms with E-state index < -0.39 is 0 Å². The van der Waals surface area contributed by atoms with Crippen molar-refractivity contribution in [2.75, 3.05) is 19.6 Å². The second-order valence-corrected chi connectivity index (χ2v) is 5.14. The lowest BCUT2D eigenvalue weighted by Crippen LogP contribution is -2.31. The molecule has 1 aromatic rings. The average molecular weight is 313 g/mol. The second-order valence-electron chi connectivity index (χ2n) is 4.29. The van der Waals surface area contributed by atoms with E-state index in [9.17, 15) is 4.79 Å². The molecule has 4 heteroatoms. The van der Waals surface area contributed by atoms with Crippen LogP contribution in [0, 0.1) is 6.92 Å². The molecule has 0 aliphatic rings. The summed E-state index contributed by atoms with van der Waals surface area (Å²) in [5.41, 5.74) is 2.41. The van der Waals surface area contributed by atoms with E-state index in [0.717, 1.165) is 24.0 Å². The third-order valence-electron chi connectivity index (χ3n) is 2.74. The molecule has 0 aromatic heterocycles.